The molecular formula is C25H31ClFN3O8S. The van der Waals surface area contributed by atoms with E-state index < -0.39 is 35.6 Å². The molecule has 0 saturated heterocycles. The summed E-state index contributed by atoms with van der Waals surface area (Å²) in [5.74, 6) is -4.43. The van der Waals surface area contributed by atoms with Crippen LogP contribution in [0.1, 0.15) is 25.3 Å². The average Bonchev–Trinajstić information content (AvgIpc) is 2.88. The second-order valence-corrected chi connectivity index (χ2v) is 8.29. The molecule has 1 aliphatic heterocycles. The number of aliphatic carboxylic acids is 2. The number of carboxylic acids is 2. The van der Waals surface area contributed by atoms with E-state index in [-0.39, 0.29) is 30.2 Å². The zero-order chi connectivity index (χ0) is 28.8. The normalized spacial score (nSPS) is 14.9. The summed E-state index contributed by atoms with van der Waals surface area (Å²) in [6, 6.07) is 5.69. The molecule has 214 valence electrons. The number of hydrogen-bond donors (Lipinski definition) is 4. The van der Waals surface area contributed by atoms with Crippen LogP contribution in [-0.2, 0) is 28.7 Å². The number of esters is 2. The quantitative estimate of drug-likeness (QED) is 0.153. The molecule has 2 rings (SSSR count). The lowest BCUT2D eigenvalue weighted by Crippen LogP contribution is -2.34. The molecule has 1 heterocycles. The zero-order valence-corrected chi connectivity index (χ0v) is 23.6. The van der Waals surface area contributed by atoms with E-state index in [4.69, 9.17) is 19.7 Å². The lowest BCUT2D eigenvalue weighted by molar-refractivity contribution is -0.139. The molecule has 1 aromatic carbocycles. The largest absolute Gasteiger partial charge is 0.478 e. The fraction of sp³-hybridized carbons (Fsp3) is 0.320. The van der Waals surface area contributed by atoms with Gasteiger partial charge in [0.25, 0.3) is 0 Å². The Balaban J connectivity index is 0.00000139. The highest BCUT2D eigenvalue weighted by atomic mass is 35.5. The van der Waals surface area contributed by atoms with Gasteiger partial charge in [0.1, 0.15) is 5.82 Å². The summed E-state index contributed by atoms with van der Waals surface area (Å²) in [6.07, 6.45) is 1.12. The van der Waals surface area contributed by atoms with E-state index in [9.17, 15) is 23.6 Å². The Morgan fingerprint density at radius 2 is 1.67 bits per heavy atom. The van der Waals surface area contributed by atoms with E-state index in [1.807, 2.05) is 0 Å². The van der Waals surface area contributed by atoms with Crippen molar-refractivity contribution in [2.24, 2.45) is 4.99 Å². The van der Waals surface area contributed by atoms with Crippen LogP contribution in [0.4, 0.5) is 4.39 Å². The van der Waals surface area contributed by atoms with Crippen molar-refractivity contribution in [3.8, 4) is 0 Å². The van der Waals surface area contributed by atoms with Gasteiger partial charge in [-0.1, -0.05) is 23.9 Å². The van der Waals surface area contributed by atoms with Gasteiger partial charge in [-0.05, 0) is 31.5 Å². The van der Waals surface area contributed by atoms with Gasteiger partial charge in [-0.2, -0.15) is 0 Å². The highest BCUT2D eigenvalue weighted by molar-refractivity contribution is 8.13. The molecule has 1 aromatic rings. The number of allylic oxidation sites excluding steroid dienone is 1. The van der Waals surface area contributed by atoms with E-state index in [1.165, 1.54) is 31.0 Å². The van der Waals surface area contributed by atoms with E-state index >= 15 is 0 Å². The van der Waals surface area contributed by atoms with Gasteiger partial charge in [-0.25, -0.2) is 23.6 Å². The number of nitrogens with one attached hydrogen (secondary N) is 2. The Bertz CT molecular complexity index is 1150. The van der Waals surface area contributed by atoms with E-state index in [0.717, 1.165) is 0 Å². The molecule has 1 atom stereocenters. The molecular weight excluding hydrogens is 557 g/mol. The SMILES string of the molecule is CCOC(=O)C1=C(CSC(=NC)NC)NC(C)=C(C(=O)OC)C1c1ccc(F)cc1.Cl.O=C(O)/C=C/C(=O)O. The molecule has 1 unspecified atom stereocenters. The molecule has 4 N–H and O–H groups in total. The van der Waals surface area contributed by atoms with Crippen molar-refractivity contribution in [3.05, 3.63) is 70.3 Å². The molecule has 0 bridgehead atoms. The number of halogens is 2. The number of rotatable bonds is 8. The monoisotopic (exact) mass is 587 g/mol. The summed E-state index contributed by atoms with van der Waals surface area (Å²) < 4.78 is 23.8. The third-order valence-corrected chi connectivity index (χ3v) is 5.98. The molecule has 11 nitrogen and oxygen atoms in total. The molecule has 39 heavy (non-hydrogen) atoms. The minimum atomic E-state index is -1.26. The number of methoxy groups -OCH3 is 1. The Hall–Kier alpha value is -3.84. The zero-order valence-electron chi connectivity index (χ0n) is 21.9. The van der Waals surface area contributed by atoms with Crippen LogP contribution in [0.15, 0.2) is 64.0 Å². The van der Waals surface area contributed by atoms with Gasteiger partial charge in [0, 0.05) is 43.4 Å². The van der Waals surface area contributed by atoms with E-state index in [1.54, 1.807) is 40.1 Å². The van der Waals surface area contributed by atoms with E-state index in [2.05, 4.69) is 15.6 Å². The second kappa shape index (κ2) is 17.6. The summed E-state index contributed by atoms with van der Waals surface area (Å²) in [7, 11) is 4.70. The maximum absolute atomic E-state index is 13.6. The Morgan fingerprint density at radius 3 is 2.10 bits per heavy atom. The minimum Gasteiger partial charge on any atom is -0.478 e. The summed E-state index contributed by atoms with van der Waals surface area (Å²) in [4.78, 5) is 48.8. The number of ether oxygens (including phenoxy) is 2. The van der Waals surface area contributed by atoms with Crippen LogP contribution in [0.25, 0.3) is 0 Å². The number of amidine groups is 1. The molecule has 0 fully saturated rings. The molecule has 0 amide bonds. The molecule has 0 spiro atoms. The van der Waals surface area contributed by atoms with Crippen molar-refractivity contribution in [3.63, 3.8) is 0 Å². The number of carboxylic acid groups (broad SMARTS) is 2. The van der Waals surface area contributed by atoms with Crippen LogP contribution in [0.2, 0.25) is 0 Å². The highest BCUT2D eigenvalue weighted by Crippen LogP contribution is 2.40. The lowest BCUT2D eigenvalue weighted by atomic mass is 9.80. The van der Waals surface area contributed by atoms with Gasteiger partial charge < -0.3 is 30.3 Å². The van der Waals surface area contributed by atoms with Crippen molar-refractivity contribution in [1.29, 1.82) is 0 Å². The van der Waals surface area contributed by atoms with Crippen LogP contribution in [0, 0.1) is 5.82 Å². The fourth-order valence-electron chi connectivity index (χ4n) is 3.36. The Morgan fingerprint density at radius 1 is 1.10 bits per heavy atom. The smallest absolute Gasteiger partial charge is 0.336 e. The van der Waals surface area contributed by atoms with Gasteiger partial charge in [0.05, 0.1) is 30.8 Å². The molecule has 0 saturated carbocycles. The van der Waals surface area contributed by atoms with Crippen molar-refractivity contribution in [1.82, 2.24) is 10.6 Å². The fourth-order valence-corrected chi connectivity index (χ4v) is 4.14. The first kappa shape index (κ1) is 35.2. The van der Waals surface area contributed by atoms with Gasteiger partial charge in [0.2, 0.25) is 0 Å². The van der Waals surface area contributed by atoms with Crippen LogP contribution < -0.4 is 10.6 Å². The summed E-state index contributed by atoms with van der Waals surface area (Å²) in [5.41, 5.74) is 2.29. The molecule has 1 aliphatic rings. The van der Waals surface area contributed by atoms with Gasteiger partial charge >= 0.3 is 23.9 Å². The number of hydrogen-bond acceptors (Lipinski definition) is 9. The van der Waals surface area contributed by atoms with Crippen molar-refractivity contribution in [2.75, 3.05) is 33.6 Å². The standard InChI is InChI=1S/C21H26FN3O4S.C4H4O4.ClH/c1-6-29-20(27)18-15(11-30-21(23-3)24-4)25-12(2)16(19(26)28-5)17(18)13-7-9-14(22)10-8-13;5-3(6)1-2-4(7)8;/h7-10,17,25H,6,11H2,1-5H3,(H,23,24);1-2H,(H,5,6)(H,7,8);1H/b;2-1+;. The van der Waals surface area contributed by atoms with Crippen molar-refractivity contribution >= 4 is 53.2 Å². The average molecular weight is 588 g/mol. The third-order valence-electron chi connectivity index (χ3n) is 4.89. The first-order chi connectivity index (χ1) is 18.0. The number of thioether (sulfide) groups is 1. The van der Waals surface area contributed by atoms with E-state index in [0.29, 0.717) is 40.0 Å². The van der Waals surface area contributed by atoms with Gasteiger partial charge in [0.15, 0.2) is 5.17 Å². The maximum atomic E-state index is 13.6. The molecule has 0 radical (unpaired) electrons. The minimum absolute atomic E-state index is 0. The second-order valence-electron chi connectivity index (χ2n) is 7.33. The summed E-state index contributed by atoms with van der Waals surface area (Å²) in [5, 5.41) is 22.5. The third kappa shape index (κ3) is 10.8. The highest BCUT2D eigenvalue weighted by Gasteiger charge is 2.38. The number of aliphatic imine (C=N–C) groups is 1. The Kier molecular flexibility index (Phi) is 15.9. The maximum Gasteiger partial charge on any atom is 0.336 e. The molecule has 0 aliphatic carbocycles. The number of nitrogens with zero attached hydrogens (tertiary/aromatic N) is 1. The number of dihydropyridines is 1. The van der Waals surface area contributed by atoms with Crippen LogP contribution in [0.5, 0.6) is 0 Å². The van der Waals surface area contributed by atoms with Gasteiger partial charge in [-0.15, -0.1) is 12.4 Å². The summed E-state index contributed by atoms with van der Waals surface area (Å²) >= 11 is 1.40. The number of carbonyl (C=O) groups is 4. The van der Waals surface area contributed by atoms with Crippen molar-refractivity contribution in [2.45, 2.75) is 19.8 Å². The molecule has 0 aromatic heterocycles. The lowest BCUT2D eigenvalue weighted by Gasteiger charge is -2.31. The molecule has 14 heteroatoms. The topological polar surface area (TPSA) is 164 Å². The van der Waals surface area contributed by atoms with Gasteiger partial charge in [-0.3, -0.25) is 4.99 Å². The van der Waals surface area contributed by atoms with Crippen molar-refractivity contribution < 1.29 is 43.3 Å². The number of benzene rings is 1. The van der Waals surface area contributed by atoms with Crippen LogP contribution in [-0.4, -0.2) is 72.8 Å². The predicted octanol–water partition coefficient (Wildman–Crippen LogP) is 2.85. The summed E-state index contributed by atoms with van der Waals surface area (Å²) in [6.45, 7) is 3.62. The van der Waals surface area contributed by atoms with Crippen LogP contribution >= 0.6 is 24.2 Å². The first-order valence-electron chi connectivity index (χ1n) is 11.1. The predicted molar refractivity (Wildman–Crippen MR) is 147 cm³/mol. The van der Waals surface area contributed by atoms with Crippen LogP contribution in [0.3, 0.4) is 0 Å². The first-order valence-corrected chi connectivity index (χ1v) is 12.1. The number of carbonyl (C=O) groups excluding carboxylic acids is 2. The Labute approximate surface area is 235 Å².